The highest BCUT2D eigenvalue weighted by Crippen LogP contribution is 2.33. The fourth-order valence-electron chi connectivity index (χ4n) is 2.73. The minimum Gasteiger partial charge on any atom is -0.493 e. The van der Waals surface area contributed by atoms with Crippen LogP contribution in [0.25, 0.3) is 0 Å². The van der Waals surface area contributed by atoms with Crippen molar-refractivity contribution in [1.29, 1.82) is 0 Å². The van der Waals surface area contributed by atoms with Crippen LogP contribution in [0.1, 0.15) is 16.1 Å². The Hall–Kier alpha value is -2.58. The van der Waals surface area contributed by atoms with Crippen LogP contribution >= 0.6 is 11.6 Å². The summed E-state index contributed by atoms with van der Waals surface area (Å²) in [6.45, 7) is 4.38. The number of hydrogen-bond donors (Lipinski definition) is 1. The molecule has 0 unspecified atom stereocenters. The van der Waals surface area contributed by atoms with Gasteiger partial charge in [-0.05, 0) is 18.6 Å². The van der Waals surface area contributed by atoms with Crippen molar-refractivity contribution in [2.24, 2.45) is 0 Å². The van der Waals surface area contributed by atoms with E-state index in [0.717, 1.165) is 5.56 Å². The van der Waals surface area contributed by atoms with Gasteiger partial charge in [0, 0.05) is 24.8 Å². The number of morpholine rings is 1. The van der Waals surface area contributed by atoms with Gasteiger partial charge in [-0.25, -0.2) is 9.97 Å². The van der Waals surface area contributed by atoms with E-state index in [1.165, 1.54) is 13.3 Å². The van der Waals surface area contributed by atoms with Crippen molar-refractivity contribution in [2.75, 3.05) is 50.7 Å². The van der Waals surface area contributed by atoms with Gasteiger partial charge in [0.25, 0.3) is 5.91 Å². The maximum atomic E-state index is 12.8. The normalized spacial score (nSPS) is 14.0. The first-order chi connectivity index (χ1) is 13.0. The predicted molar refractivity (Wildman–Crippen MR) is 102 cm³/mol. The molecular formula is C18H21ClN4O4. The van der Waals surface area contributed by atoms with E-state index in [2.05, 4.69) is 15.3 Å². The number of carbonyl (C=O) groups excluding carboxylic acids is 1. The number of benzene rings is 1. The molecule has 9 heteroatoms. The molecule has 0 radical (unpaired) electrons. The van der Waals surface area contributed by atoms with Gasteiger partial charge in [-0.1, -0.05) is 11.6 Å². The summed E-state index contributed by atoms with van der Waals surface area (Å²) in [7, 11) is 3.10. The Labute approximate surface area is 162 Å². The van der Waals surface area contributed by atoms with Crippen molar-refractivity contribution >= 4 is 29.1 Å². The molecule has 1 saturated heterocycles. The number of carbonyl (C=O) groups is 1. The summed E-state index contributed by atoms with van der Waals surface area (Å²) < 4.78 is 15.9. The van der Waals surface area contributed by atoms with E-state index in [0.29, 0.717) is 49.4 Å². The summed E-state index contributed by atoms with van der Waals surface area (Å²) in [5.74, 6) is 1.13. The average molecular weight is 393 g/mol. The first-order valence-electron chi connectivity index (χ1n) is 8.42. The number of nitrogens with one attached hydrogen (secondary N) is 1. The molecule has 27 heavy (non-hydrogen) atoms. The third kappa shape index (κ3) is 4.23. The molecule has 2 aromatic rings. The smallest absolute Gasteiger partial charge is 0.276 e. The van der Waals surface area contributed by atoms with Gasteiger partial charge in [0.15, 0.2) is 17.2 Å². The number of nitrogens with zero attached hydrogens (tertiary/aromatic N) is 3. The molecule has 144 valence electrons. The summed E-state index contributed by atoms with van der Waals surface area (Å²) in [5, 5.41) is 3.01. The van der Waals surface area contributed by atoms with Crippen LogP contribution in [0.3, 0.4) is 0 Å². The van der Waals surface area contributed by atoms with Gasteiger partial charge in [0.1, 0.15) is 0 Å². The van der Waals surface area contributed by atoms with Gasteiger partial charge in [-0.3, -0.25) is 4.79 Å². The van der Waals surface area contributed by atoms with Crippen LogP contribution in [0, 0.1) is 6.92 Å². The summed E-state index contributed by atoms with van der Waals surface area (Å²) >= 11 is 6.17. The second kappa shape index (κ2) is 8.41. The average Bonchev–Trinajstić information content (AvgIpc) is 2.70. The van der Waals surface area contributed by atoms with Crippen LogP contribution in [0.5, 0.6) is 11.5 Å². The minimum absolute atomic E-state index is 0.113. The zero-order chi connectivity index (χ0) is 19.4. The van der Waals surface area contributed by atoms with Crippen molar-refractivity contribution < 1.29 is 19.0 Å². The van der Waals surface area contributed by atoms with Gasteiger partial charge in [-0.15, -0.1) is 0 Å². The van der Waals surface area contributed by atoms with E-state index in [-0.39, 0.29) is 10.7 Å². The Balaban J connectivity index is 1.86. The van der Waals surface area contributed by atoms with Crippen molar-refractivity contribution in [1.82, 2.24) is 9.97 Å². The molecule has 1 aliphatic rings. The number of aryl methyl sites for hydroxylation is 1. The number of halogens is 1. The van der Waals surface area contributed by atoms with E-state index in [1.807, 2.05) is 11.8 Å². The Morgan fingerprint density at radius 3 is 2.56 bits per heavy atom. The lowest BCUT2D eigenvalue weighted by atomic mass is 10.1. The lowest BCUT2D eigenvalue weighted by molar-refractivity contribution is 0.102. The number of aromatic nitrogens is 2. The first kappa shape index (κ1) is 19.2. The molecule has 0 bridgehead atoms. The minimum atomic E-state index is -0.424. The molecule has 0 aliphatic carbocycles. The van der Waals surface area contributed by atoms with Crippen LogP contribution in [-0.4, -0.2) is 56.4 Å². The summed E-state index contributed by atoms with van der Waals surface area (Å²) in [6, 6.07) is 3.49. The number of rotatable bonds is 5. The summed E-state index contributed by atoms with van der Waals surface area (Å²) in [5.41, 5.74) is 1.52. The second-order valence-corrected chi connectivity index (χ2v) is 6.35. The summed E-state index contributed by atoms with van der Waals surface area (Å²) in [6.07, 6.45) is 1.44. The number of ether oxygens (including phenoxy) is 3. The molecule has 1 aliphatic heterocycles. The standard InChI is InChI=1S/C18H21ClN4O4/c1-11-8-14(25-2)15(26-3)9-13(11)21-17(24)16-12(19)10-20-18(22-16)23-4-6-27-7-5-23/h8-10H,4-7H2,1-3H3,(H,21,24). The zero-order valence-electron chi connectivity index (χ0n) is 15.4. The molecule has 0 atom stereocenters. The highest BCUT2D eigenvalue weighted by atomic mass is 35.5. The maximum Gasteiger partial charge on any atom is 0.276 e. The monoisotopic (exact) mass is 392 g/mol. The van der Waals surface area contributed by atoms with Crippen molar-refractivity contribution in [3.63, 3.8) is 0 Å². The Kier molecular flexibility index (Phi) is 5.98. The van der Waals surface area contributed by atoms with E-state index in [1.54, 1.807) is 19.2 Å². The van der Waals surface area contributed by atoms with Gasteiger partial charge >= 0.3 is 0 Å². The number of amides is 1. The lowest BCUT2D eigenvalue weighted by Crippen LogP contribution is -2.37. The highest BCUT2D eigenvalue weighted by molar-refractivity contribution is 6.34. The van der Waals surface area contributed by atoms with E-state index in [4.69, 9.17) is 25.8 Å². The topological polar surface area (TPSA) is 85.8 Å². The Bertz CT molecular complexity index is 840. The molecule has 0 spiro atoms. The van der Waals surface area contributed by atoms with Crippen molar-refractivity contribution in [3.8, 4) is 11.5 Å². The largest absolute Gasteiger partial charge is 0.493 e. The van der Waals surface area contributed by atoms with Crippen LogP contribution in [0.15, 0.2) is 18.3 Å². The highest BCUT2D eigenvalue weighted by Gasteiger charge is 2.20. The Morgan fingerprint density at radius 2 is 1.89 bits per heavy atom. The van der Waals surface area contributed by atoms with Gasteiger partial charge in [-0.2, -0.15) is 0 Å². The van der Waals surface area contributed by atoms with Crippen LogP contribution in [0.4, 0.5) is 11.6 Å². The van der Waals surface area contributed by atoms with E-state index < -0.39 is 5.91 Å². The molecule has 1 N–H and O–H groups in total. The molecule has 0 saturated carbocycles. The maximum absolute atomic E-state index is 12.8. The molecular weight excluding hydrogens is 372 g/mol. The molecule has 8 nitrogen and oxygen atoms in total. The zero-order valence-corrected chi connectivity index (χ0v) is 16.2. The molecule has 1 aromatic heterocycles. The van der Waals surface area contributed by atoms with E-state index >= 15 is 0 Å². The number of methoxy groups -OCH3 is 2. The fourth-order valence-corrected chi connectivity index (χ4v) is 2.91. The predicted octanol–water partition coefficient (Wildman–Crippen LogP) is 2.54. The molecule has 2 heterocycles. The van der Waals surface area contributed by atoms with Crippen LogP contribution < -0.4 is 19.7 Å². The molecule has 1 amide bonds. The van der Waals surface area contributed by atoms with Crippen LogP contribution in [0.2, 0.25) is 5.02 Å². The van der Waals surface area contributed by atoms with Crippen molar-refractivity contribution in [3.05, 3.63) is 34.6 Å². The van der Waals surface area contributed by atoms with Gasteiger partial charge in [0.05, 0.1) is 38.7 Å². The first-order valence-corrected chi connectivity index (χ1v) is 8.80. The quantitative estimate of drug-likeness (QED) is 0.836. The van der Waals surface area contributed by atoms with Gasteiger partial charge < -0.3 is 24.4 Å². The van der Waals surface area contributed by atoms with Gasteiger partial charge in [0.2, 0.25) is 5.95 Å². The lowest BCUT2D eigenvalue weighted by Gasteiger charge is -2.26. The third-order valence-corrected chi connectivity index (χ3v) is 4.50. The van der Waals surface area contributed by atoms with Crippen LogP contribution in [-0.2, 0) is 4.74 Å². The number of anilines is 2. The third-order valence-electron chi connectivity index (χ3n) is 4.22. The molecule has 1 fully saturated rings. The summed E-state index contributed by atoms with van der Waals surface area (Å²) in [4.78, 5) is 23.3. The molecule has 3 rings (SSSR count). The number of hydrogen-bond acceptors (Lipinski definition) is 7. The molecule has 1 aromatic carbocycles. The second-order valence-electron chi connectivity index (χ2n) is 5.94. The Morgan fingerprint density at radius 1 is 1.22 bits per heavy atom. The fraction of sp³-hybridized carbons (Fsp3) is 0.389. The van der Waals surface area contributed by atoms with Crippen molar-refractivity contribution in [2.45, 2.75) is 6.92 Å². The SMILES string of the molecule is COc1cc(C)c(NC(=O)c2nc(N3CCOCC3)ncc2Cl)cc1OC. The van der Waals surface area contributed by atoms with E-state index in [9.17, 15) is 4.79 Å².